The molecule has 0 aliphatic rings. The fourth-order valence-electron chi connectivity index (χ4n) is 2.41. The van der Waals surface area contributed by atoms with Crippen molar-refractivity contribution < 1.29 is 19.8 Å². The van der Waals surface area contributed by atoms with Crippen LogP contribution in [0.25, 0.3) is 0 Å². The monoisotopic (exact) mass is 352 g/mol. The lowest BCUT2D eigenvalue weighted by Crippen LogP contribution is -2.35. The van der Waals surface area contributed by atoms with Crippen LogP contribution in [0.4, 0.5) is 0 Å². The minimum atomic E-state index is -1.06. The number of nitrogens with two attached hydrogens (primary N) is 1. The average Bonchev–Trinajstić information content (AvgIpc) is 3.21. The first-order chi connectivity index (χ1) is 11.4. The Bertz CT molecular complexity index is 685. The molecule has 0 saturated heterocycles. The van der Waals surface area contributed by atoms with Crippen molar-refractivity contribution in [2.24, 2.45) is 5.73 Å². The van der Waals surface area contributed by atoms with Gasteiger partial charge in [-0.1, -0.05) is 0 Å². The summed E-state index contributed by atoms with van der Waals surface area (Å²) in [6.45, 7) is 0. The van der Waals surface area contributed by atoms with Crippen molar-refractivity contribution in [1.29, 1.82) is 0 Å². The molecule has 0 aromatic carbocycles. The van der Waals surface area contributed by atoms with E-state index in [1.54, 1.807) is 24.1 Å². The Morgan fingerprint density at radius 3 is 2.71 bits per heavy atom. The molecule has 2 heterocycles. The number of aliphatic carboxylic acids is 2. The molecule has 0 fully saturated rings. The van der Waals surface area contributed by atoms with Gasteiger partial charge in [0.15, 0.2) is 0 Å². The minimum Gasteiger partial charge on any atom is -0.480 e. The molecule has 3 atom stereocenters. The van der Waals surface area contributed by atoms with Crippen LogP contribution >= 0.6 is 11.3 Å². The maximum Gasteiger partial charge on any atom is 0.321 e. The van der Waals surface area contributed by atoms with E-state index in [0.29, 0.717) is 5.69 Å². The number of imidazole rings is 1. The highest BCUT2D eigenvalue weighted by Gasteiger charge is 2.23. The summed E-state index contributed by atoms with van der Waals surface area (Å²) < 4.78 is 1.79. The van der Waals surface area contributed by atoms with Gasteiger partial charge in [0.25, 0.3) is 0 Å². The van der Waals surface area contributed by atoms with E-state index in [4.69, 9.17) is 15.9 Å². The molecule has 2 unspecified atom stereocenters. The Kier molecular flexibility index (Phi) is 6.07. The van der Waals surface area contributed by atoms with Crippen LogP contribution in [0.3, 0.4) is 0 Å². The van der Waals surface area contributed by atoms with E-state index in [0.717, 1.165) is 5.56 Å². The van der Waals surface area contributed by atoms with Crippen molar-refractivity contribution in [2.75, 3.05) is 7.05 Å². The summed E-state index contributed by atoms with van der Waals surface area (Å²) in [5.41, 5.74) is 7.25. The van der Waals surface area contributed by atoms with Gasteiger partial charge in [0.2, 0.25) is 0 Å². The summed E-state index contributed by atoms with van der Waals surface area (Å²) in [6.07, 6.45) is 3.78. The Hall–Kier alpha value is -2.23. The highest BCUT2D eigenvalue weighted by atomic mass is 32.1. The highest BCUT2D eigenvalue weighted by Crippen LogP contribution is 2.25. The van der Waals surface area contributed by atoms with Gasteiger partial charge in [-0.25, -0.2) is 4.98 Å². The number of aromatic nitrogens is 2. The zero-order valence-electron chi connectivity index (χ0n) is 13.1. The van der Waals surface area contributed by atoms with E-state index in [9.17, 15) is 9.59 Å². The molecule has 130 valence electrons. The molecule has 0 spiro atoms. The molecule has 2 aromatic rings. The summed E-state index contributed by atoms with van der Waals surface area (Å²) >= 11 is 1.51. The van der Waals surface area contributed by atoms with Gasteiger partial charge in [-0.05, 0) is 35.9 Å². The predicted molar refractivity (Wildman–Crippen MR) is 89.1 cm³/mol. The quantitative estimate of drug-likeness (QED) is 0.518. The number of hydrogen-bond donors (Lipinski definition) is 4. The number of carbonyl (C=O) groups is 2. The van der Waals surface area contributed by atoms with Crippen LogP contribution in [0.2, 0.25) is 0 Å². The Labute approximate surface area is 142 Å². The van der Waals surface area contributed by atoms with Crippen LogP contribution < -0.4 is 11.1 Å². The first kappa shape index (κ1) is 18.1. The van der Waals surface area contributed by atoms with Gasteiger partial charge in [0, 0.05) is 12.6 Å². The number of nitrogens with zero attached hydrogens (tertiary/aromatic N) is 2. The van der Waals surface area contributed by atoms with Crippen LogP contribution in [0.5, 0.6) is 0 Å². The second-order valence-corrected chi connectivity index (χ2v) is 6.23. The maximum absolute atomic E-state index is 11.1. The third-order valence-corrected chi connectivity index (χ3v) is 4.50. The molecule has 2 rings (SSSR count). The molecule has 8 nitrogen and oxygen atoms in total. The molecule has 0 aliphatic heterocycles. The van der Waals surface area contributed by atoms with Gasteiger partial charge in [-0.15, -0.1) is 0 Å². The SMILES string of the molecule is CN[C@@H](Cc1cn(C(CC(N)C(=O)O)c2ccsc2)cn1)C(=O)O. The minimum absolute atomic E-state index is 0.219. The first-order valence-corrected chi connectivity index (χ1v) is 8.29. The normalized spacial score (nSPS) is 14.9. The maximum atomic E-state index is 11.1. The third kappa shape index (κ3) is 4.40. The molecule has 9 heteroatoms. The molecule has 0 aliphatic carbocycles. The van der Waals surface area contributed by atoms with Crippen LogP contribution in [0.15, 0.2) is 29.4 Å². The lowest BCUT2D eigenvalue weighted by Gasteiger charge is -2.19. The molecule has 0 saturated carbocycles. The van der Waals surface area contributed by atoms with Crippen LogP contribution in [-0.4, -0.2) is 50.8 Å². The summed E-state index contributed by atoms with van der Waals surface area (Å²) in [5.74, 6) is -2.01. The van der Waals surface area contributed by atoms with Crippen LogP contribution in [0.1, 0.15) is 23.7 Å². The second-order valence-electron chi connectivity index (χ2n) is 5.45. The molecule has 0 amide bonds. The van der Waals surface area contributed by atoms with E-state index in [-0.39, 0.29) is 18.9 Å². The molecule has 0 radical (unpaired) electrons. The second kappa shape index (κ2) is 8.04. The van der Waals surface area contributed by atoms with E-state index in [1.807, 2.05) is 16.8 Å². The van der Waals surface area contributed by atoms with Crippen LogP contribution in [-0.2, 0) is 16.0 Å². The van der Waals surface area contributed by atoms with Crippen molar-refractivity contribution in [3.8, 4) is 0 Å². The van der Waals surface area contributed by atoms with Gasteiger partial charge >= 0.3 is 11.9 Å². The van der Waals surface area contributed by atoms with Crippen molar-refractivity contribution in [1.82, 2.24) is 14.9 Å². The zero-order valence-corrected chi connectivity index (χ0v) is 13.9. The molecular formula is C15H20N4O4S. The Morgan fingerprint density at radius 2 is 2.17 bits per heavy atom. The van der Waals surface area contributed by atoms with Gasteiger partial charge in [-0.2, -0.15) is 11.3 Å². The van der Waals surface area contributed by atoms with Crippen molar-refractivity contribution in [2.45, 2.75) is 31.0 Å². The number of rotatable bonds is 9. The van der Waals surface area contributed by atoms with E-state index < -0.39 is 24.0 Å². The summed E-state index contributed by atoms with van der Waals surface area (Å²) in [6, 6.07) is -0.0717. The Morgan fingerprint density at radius 1 is 1.42 bits per heavy atom. The fourth-order valence-corrected chi connectivity index (χ4v) is 3.12. The van der Waals surface area contributed by atoms with Gasteiger partial charge in [-0.3, -0.25) is 9.59 Å². The summed E-state index contributed by atoms with van der Waals surface area (Å²) in [7, 11) is 1.58. The number of carboxylic acid groups (broad SMARTS) is 2. The number of likely N-dealkylation sites (N-methyl/N-ethyl adjacent to an activating group) is 1. The summed E-state index contributed by atoms with van der Waals surface area (Å²) in [4.78, 5) is 26.4. The number of thiophene rings is 1. The van der Waals surface area contributed by atoms with Crippen molar-refractivity contribution >= 4 is 23.3 Å². The van der Waals surface area contributed by atoms with Crippen molar-refractivity contribution in [3.05, 3.63) is 40.6 Å². The number of carboxylic acids is 2. The largest absolute Gasteiger partial charge is 0.480 e. The topological polar surface area (TPSA) is 130 Å². The lowest BCUT2D eigenvalue weighted by molar-refractivity contribution is -0.140. The zero-order chi connectivity index (χ0) is 17.7. The standard InChI is InChI=1S/C15H20N4O4S/c1-17-12(15(22)23)4-10-6-19(8-18-10)13(5-11(16)14(20)21)9-2-3-24-7-9/h2-3,6-8,11-13,17H,4-5,16H2,1H3,(H,20,21)(H,22,23)/t11?,12-,13?/m0/s1. The smallest absolute Gasteiger partial charge is 0.321 e. The predicted octanol–water partition coefficient (Wildman–Crippen LogP) is 0.551. The molecule has 2 aromatic heterocycles. The molecule has 5 N–H and O–H groups in total. The van der Waals surface area contributed by atoms with Crippen molar-refractivity contribution in [3.63, 3.8) is 0 Å². The Balaban J connectivity index is 2.21. The molecule has 24 heavy (non-hydrogen) atoms. The lowest BCUT2D eigenvalue weighted by atomic mass is 10.0. The number of nitrogens with one attached hydrogen (secondary N) is 1. The van der Waals surface area contributed by atoms with Gasteiger partial charge in [0.05, 0.1) is 18.1 Å². The molecule has 0 bridgehead atoms. The average molecular weight is 352 g/mol. The van der Waals surface area contributed by atoms with Gasteiger partial charge < -0.3 is 25.8 Å². The van der Waals surface area contributed by atoms with E-state index in [2.05, 4.69) is 10.3 Å². The number of hydrogen-bond acceptors (Lipinski definition) is 6. The fraction of sp³-hybridized carbons (Fsp3) is 0.400. The molecular weight excluding hydrogens is 332 g/mol. The van der Waals surface area contributed by atoms with Gasteiger partial charge in [0.1, 0.15) is 12.1 Å². The van der Waals surface area contributed by atoms with Crippen LogP contribution in [0, 0.1) is 0 Å². The third-order valence-electron chi connectivity index (χ3n) is 3.80. The van der Waals surface area contributed by atoms with E-state index in [1.165, 1.54) is 11.3 Å². The van der Waals surface area contributed by atoms with E-state index >= 15 is 0 Å². The highest BCUT2D eigenvalue weighted by molar-refractivity contribution is 7.07. The first-order valence-electron chi connectivity index (χ1n) is 7.35. The summed E-state index contributed by atoms with van der Waals surface area (Å²) in [5, 5.41) is 24.7.